The Morgan fingerprint density at radius 3 is 1.83 bits per heavy atom. The second-order valence-electron chi connectivity index (χ2n) is 11.3. The molecule has 3 aromatic heterocycles. The summed E-state index contributed by atoms with van der Waals surface area (Å²) < 4.78 is 4.29. The Morgan fingerprint density at radius 2 is 1.23 bits per heavy atom. The molecule has 0 saturated carbocycles. The molecule has 0 unspecified atom stereocenters. The highest BCUT2D eigenvalue weighted by Crippen LogP contribution is 2.43. The monoisotopic (exact) mass is 646 g/mol. The lowest BCUT2D eigenvalue weighted by Gasteiger charge is -2.36. The van der Waals surface area contributed by atoms with Crippen molar-refractivity contribution in [2.75, 3.05) is 6.26 Å². The summed E-state index contributed by atoms with van der Waals surface area (Å²) in [4.78, 5) is 4.80. The summed E-state index contributed by atoms with van der Waals surface area (Å²) in [5.41, 5.74) is 8.94. The van der Waals surface area contributed by atoms with Crippen LogP contribution in [0.25, 0.3) is 33.5 Å². The van der Waals surface area contributed by atoms with Crippen molar-refractivity contribution < 1.29 is 0 Å². The average molecular weight is 647 g/mol. The van der Waals surface area contributed by atoms with Gasteiger partial charge in [-0.3, -0.25) is 0 Å². The minimum absolute atomic E-state index is 0.684. The summed E-state index contributed by atoms with van der Waals surface area (Å²) >= 11 is 3.37. The molecule has 228 valence electrons. The molecule has 0 spiro atoms. The van der Waals surface area contributed by atoms with Gasteiger partial charge in [-0.15, -0.1) is 16.4 Å². The number of rotatable bonds is 9. The van der Waals surface area contributed by atoms with E-state index in [1.54, 1.807) is 23.1 Å². The van der Waals surface area contributed by atoms with Gasteiger partial charge in [0.1, 0.15) is 11.1 Å². The summed E-state index contributed by atoms with van der Waals surface area (Å²) in [5.74, 6) is 0.684. The van der Waals surface area contributed by atoms with Crippen LogP contribution in [0.3, 0.4) is 0 Å². The summed E-state index contributed by atoms with van der Waals surface area (Å²) in [7, 11) is 0. The zero-order valence-electron chi connectivity index (χ0n) is 25.6. The van der Waals surface area contributed by atoms with Crippen molar-refractivity contribution in [3.8, 4) is 22.5 Å². The molecule has 0 amide bonds. The molecule has 0 saturated heterocycles. The molecule has 0 fully saturated rings. The van der Waals surface area contributed by atoms with Gasteiger partial charge in [-0.2, -0.15) is 0 Å². The van der Waals surface area contributed by atoms with E-state index in [4.69, 9.17) is 15.3 Å². The second kappa shape index (κ2) is 12.5. The molecule has 47 heavy (non-hydrogen) atoms. The minimum Gasteiger partial charge on any atom is -0.314 e. The Bertz CT molecular complexity index is 2160. The molecule has 0 N–H and O–H groups in total. The Labute approximate surface area is 281 Å². The second-order valence-corrected chi connectivity index (χ2v) is 12.8. The van der Waals surface area contributed by atoms with Crippen LogP contribution in [0.4, 0.5) is 0 Å². The zero-order valence-corrected chi connectivity index (χ0v) is 27.3. The van der Waals surface area contributed by atoms with E-state index >= 15 is 0 Å². The zero-order chi connectivity index (χ0) is 31.6. The fourth-order valence-corrected chi connectivity index (χ4v) is 7.85. The number of fused-ring (bicyclic) bond motifs is 1. The first-order chi connectivity index (χ1) is 23.3. The lowest BCUT2D eigenvalue weighted by Crippen LogP contribution is -2.39. The van der Waals surface area contributed by atoms with Crippen LogP contribution >= 0.6 is 23.1 Å². The van der Waals surface area contributed by atoms with Crippen LogP contribution in [0, 0.1) is 0 Å². The smallest absolute Gasteiger partial charge is 0.184 e. The third kappa shape index (κ3) is 5.06. The SMILES string of the molecule is CSc1nc2cscc2n1Cc1ccc(-c2ccccc2-c2nnnn2C(c2ccccc2)(c2ccccc2)c2ccccc2)cc1. The molecular formula is C39H30N6S2. The molecule has 3 heterocycles. The molecule has 0 radical (unpaired) electrons. The van der Waals surface area contributed by atoms with E-state index in [0.29, 0.717) is 5.82 Å². The van der Waals surface area contributed by atoms with Gasteiger partial charge in [-0.25, -0.2) is 9.67 Å². The average Bonchev–Trinajstić information content (AvgIpc) is 3.89. The number of imidazole rings is 1. The predicted octanol–water partition coefficient (Wildman–Crippen LogP) is 9.03. The maximum atomic E-state index is 4.80. The number of thiophene rings is 1. The molecular weight excluding hydrogens is 617 g/mol. The molecule has 0 atom stereocenters. The number of hydrogen-bond donors (Lipinski definition) is 0. The van der Waals surface area contributed by atoms with Crippen LogP contribution in [-0.4, -0.2) is 36.0 Å². The van der Waals surface area contributed by atoms with Crippen LogP contribution < -0.4 is 0 Å². The number of nitrogens with zero attached hydrogens (tertiary/aromatic N) is 6. The maximum Gasteiger partial charge on any atom is 0.184 e. The topological polar surface area (TPSA) is 61.4 Å². The molecule has 8 heteroatoms. The third-order valence-electron chi connectivity index (χ3n) is 8.68. The van der Waals surface area contributed by atoms with Gasteiger partial charge in [-0.1, -0.05) is 151 Å². The van der Waals surface area contributed by atoms with E-state index in [2.05, 4.69) is 148 Å². The maximum absolute atomic E-state index is 4.80. The molecule has 0 bridgehead atoms. The van der Waals surface area contributed by atoms with Gasteiger partial charge in [0.15, 0.2) is 11.0 Å². The Morgan fingerprint density at radius 1 is 0.660 bits per heavy atom. The quantitative estimate of drug-likeness (QED) is 0.116. The summed E-state index contributed by atoms with van der Waals surface area (Å²) in [6.07, 6.45) is 2.08. The predicted molar refractivity (Wildman–Crippen MR) is 192 cm³/mol. The largest absolute Gasteiger partial charge is 0.314 e. The number of aromatic nitrogens is 6. The number of thioether (sulfide) groups is 1. The fourth-order valence-electron chi connectivity index (χ4n) is 6.53. The molecule has 0 aliphatic heterocycles. The van der Waals surface area contributed by atoms with Crippen molar-refractivity contribution in [1.29, 1.82) is 0 Å². The highest BCUT2D eigenvalue weighted by Gasteiger charge is 2.42. The number of hydrogen-bond acceptors (Lipinski definition) is 6. The first kappa shape index (κ1) is 29.1. The highest BCUT2D eigenvalue weighted by molar-refractivity contribution is 7.98. The van der Waals surface area contributed by atoms with E-state index in [1.165, 1.54) is 11.1 Å². The molecule has 0 aliphatic carbocycles. The van der Waals surface area contributed by atoms with Crippen LogP contribution in [0.1, 0.15) is 22.3 Å². The Hall–Kier alpha value is -5.31. The van der Waals surface area contributed by atoms with Crippen LogP contribution in [-0.2, 0) is 12.1 Å². The van der Waals surface area contributed by atoms with Gasteiger partial charge in [0.05, 0.1) is 12.1 Å². The van der Waals surface area contributed by atoms with Gasteiger partial charge in [0.25, 0.3) is 0 Å². The molecule has 8 rings (SSSR count). The molecule has 0 aliphatic rings. The first-order valence-corrected chi connectivity index (χ1v) is 17.5. The molecule has 8 aromatic rings. The standard InChI is InChI=1S/C39H30N6S2/c1-46-38-40-35-26-47-27-36(35)44(38)25-28-21-23-29(24-22-28)33-19-11-12-20-34(33)37-41-42-43-45(37)39(30-13-5-2-6-14-30,31-15-7-3-8-16-31)32-17-9-4-10-18-32/h2-24,26-27H,25H2,1H3. The molecule has 5 aromatic carbocycles. The van der Waals surface area contributed by atoms with E-state index in [0.717, 1.165) is 50.6 Å². The van der Waals surface area contributed by atoms with E-state index in [1.807, 2.05) is 22.9 Å². The van der Waals surface area contributed by atoms with Gasteiger partial charge in [0.2, 0.25) is 0 Å². The Kier molecular flexibility index (Phi) is 7.73. The van der Waals surface area contributed by atoms with Gasteiger partial charge in [-0.05, 0) is 50.1 Å². The van der Waals surface area contributed by atoms with Crippen molar-refractivity contribution in [2.24, 2.45) is 0 Å². The van der Waals surface area contributed by atoms with Gasteiger partial charge < -0.3 is 4.57 Å². The van der Waals surface area contributed by atoms with Crippen molar-refractivity contribution in [3.63, 3.8) is 0 Å². The van der Waals surface area contributed by atoms with E-state index in [9.17, 15) is 0 Å². The van der Waals surface area contributed by atoms with Crippen LogP contribution in [0.2, 0.25) is 0 Å². The van der Waals surface area contributed by atoms with Crippen LogP contribution in [0.5, 0.6) is 0 Å². The summed E-state index contributed by atoms with van der Waals surface area (Å²) in [6.45, 7) is 0.761. The van der Waals surface area contributed by atoms with Crippen molar-refractivity contribution >= 4 is 34.1 Å². The van der Waals surface area contributed by atoms with Crippen molar-refractivity contribution in [2.45, 2.75) is 17.2 Å². The highest BCUT2D eigenvalue weighted by atomic mass is 32.2. The lowest BCUT2D eigenvalue weighted by atomic mass is 9.77. The lowest BCUT2D eigenvalue weighted by molar-refractivity contribution is 0.451. The van der Waals surface area contributed by atoms with Gasteiger partial charge in [0, 0.05) is 16.3 Å². The van der Waals surface area contributed by atoms with Gasteiger partial charge >= 0.3 is 0 Å². The van der Waals surface area contributed by atoms with Crippen LogP contribution in [0.15, 0.2) is 155 Å². The molecule has 6 nitrogen and oxygen atoms in total. The number of tetrazole rings is 1. The normalized spacial score (nSPS) is 11.7. The van der Waals surface area contributed by atoms with Crippen molar-refractivity contribution in [1.82, 2.24) is 29.8 Å². The number of benzene rings is 5. The Balaban J connectivity index is 1.26. The van der Waals surface area contributed by atoms with E-state index in [-0.39, 0.29) is 0 Å². The third-order valence-corrected chi connectivity index (χ3v) is 10.1. The fraction of sp³-hybridized carbons (Fsp3) is 0.0769. The first-order valence-electron chi connectivity index (χ1n) is 15.4. The minimum atomic E-state index is -0.827. The summed E-state index contributed by atoms with van der Waals surface area (Å²) in [6, 6.07) is 48.7. The summed E-state index contributed by atoms with van der Waals surface area (Å²) in [5, 5.41) is 19.1. The van der Waals surface area contributed by atoms with Crippen molar-refractivity contribution in [3.05, 3.63) is 173 Å². The van der Waals surface area contributed by atoms with E-state index < -0.39 is 5.54 Å².